The van der Waals surface area contributed by atoms with Crippen molar-refractivity contribution in [2.45, 2.75) is 13.5 Å². The number of rotatable bonds is 3. The third-order valence-corrected chi connectivity index (χ3v) is 3.96. The molecule has 23 heavy (non-hydrogen) atoms. The van der Waals surface area contributed by atoms with Crippen LogP contribution in [0.15, 0.2) is 61.2 Å². The van der Waals surface area contributed by atoms with Crippen LogP contribution in [0.2, 0.25) is 0 Å². The van der Waals surface area contributed by atoms with Gasteiger partial charge < -0.3 is 4.57 Å². The van der Waals surface area contributed by atoms with E-state index in [1.54, 1.807) is 0 Å². The minimum Gasteiger partial charge on any atom is -0.303 e. The molecule has 2 aromatic carbocycles. The van der Waals surface area contributed by atoms with Gasteiger partial charge in [-0.2, -0.15) is 0 Å². The number of aryl methyl sites for hydroxylation is 1. The van der Waals surface area contributed by atoms with Gasteiger partial charge in [0.1, 0.15) is 5.82 Å². The highest BCUT2D eigenvalue weighted by molar-refractivity contribution is 5.85. The summed E-state index contributed by atoms with van der Waals surface area (Å²) in [6.45, 7) is 6.60. The van der Waals surface area contributed by atoms with E-state index >= 15 is 0 Å². The minimum absolute atomic E-state index is 0.646. The van der Waals surface area contributed by atoms with Crippen LogP contribution in [0.1, 0.15) is 5.56 Å². The monoisotopic (exact) mass is 300 g/mol. The number of allylic oxidation sites excluding steroid dienone is 1. The van der Waals surface area contributed by atoms with Gasteiger partial charge in [-0.1, -0.05) is 42.5 Å². The van der Waals surface area contributed by atoms with Gasteiger partial charge >= 0.3 is 0 Å². The molecule has 0 amide bonds. The fraction of sp³-hybridized carbons (Fsp3) is 0.105. The molecule has 4 heteroatoms. The van der Waals surface area contributed by atoms with Crippen molar-refractivity contribution in [1.29, 1.82) is 0 Å². The van der Waals surface area contributed by atoms with Gasteiger partial charge in [-0.3, -0.25) is 0 Å². The fourth-order valence-corrected chi connectivity index (χ4v) is 2.83. The quantitative estimate of drug-likeness (QED) is 0.534. The first-order chi connectivity index (χ1) is 11.3. The first-order valence-electron chi connectivity index (χ1n) is 7.58. The maximum atomic E-state index is 4.76. The highest BCUT2D eigenvalue weighted by Crippen LogP contribution is 2.26. The zero-order valence-electron chi connectivity index (χ0n) is 12.9. The van der Waals surface area contributed by atoms with Crippen molar-refractivity contribution in [3.8, 4) is 11.4 Å². The van der Waals surface area contributed by atoms with Crippen molar-refractivity contribution in [3.05, 3.63) is 66.7 Å². The lowest BCUT2D eigenvalue weighted by Crippen LogP contribution is -2.00. The molecule has 4 nitrogen and oxygen atoms in total. The Morgan fingerprint density at radius 1 is 0.957 bits per heavy atom. The van der Waals surface area contributed by atoms with E-state index in [4.69, 9.17) is 9.97 Å². The van der Waals surface area contributed by atoms with Gasteiger partial charge in [0.2, 0.25) is 0 Å². The zero-order chi connectivity index (χ0) is 15.8. The number of hydrogen-bond acceptors (Lipinski definition) is 3. The average molecular weight is 300 g/mol. The zero-order valence-corrected chi connectivity index (χ0v) is 12.9. The van der Waals surface area contributed by atoms with Crippen LogP contribution in [0, 0.1) is 6.92 Å². The van der Waals surface area contributed by atoms with Crippen LogP contribution in [0.5, 0.6) is 0 Å². The fourth-order valence-electron chi connectivity index (χ4n) is 2.83. The summed E-state index contributed by atoms with van der Waals surface area (Å²) in [5.74, 6) is 0.883. The van der Waals surface area contributed by atoms with E-state index in [1.807, 2.05) is 42.5 Å². The molecular weight excluding hydrogens is 284 g/mol. The van der Waals surface area contributed by atoms with Gasteiger partial charge in [0.05, 0.1) is 11.0 Å². The Hall–Kier alpha value is -3.01. The van der Waals surface area contributed by atoms with Crippen molar-refractivity contribution in [2.24, 2.45) is 0 Å². The van der Waals surface area contributed by atoms with Gasteiger partial charge in [-0.05, 0) is 24.6 Å². The number of para-hydroxylation sites is 2. The summed E-state index contributed by atoms with van der Waals surface area (Å²) < 4.78 is 2.07. The Bertz CT molecular complexity index is 1030. The molecule has 0 spiro atoms. The molecule has 0 N–H and O–H groups in total. The lowest BCUT2D eigenvalue weighted by Gasteiger charge is -2.08. The van der Waals surface area contributed by atoms with Crippen LogP contribution in [0.4, 0.5) is 0 Å². The molecule has 2 aromatic heterocycles. The average Bonchev–Trinajstić information content (AvgIpc) is 2.91. The summed E-state index contributed by atoms with van der Waals surface area (Å²) in [5, 5.41) is 0. The van der Waals surface area contributed by atoms with E-state index in [2.05, 4.69) is 35.2 Å². The SMILES string of the molecule is C=CCn1c(-c2ccccc2C)nc2nc3ccccc3nc21. The molecule has 112 valence electrons. The van der Waals surface area contributed by atoms with Crippen LogP contribution in [-0.2, 0) is 6.54 Å². The predicted molar refractivity (Wildman–Crippen MR) is 93.2 cm³/mol. The molecule has 0 aliphatic carbocycles. The summed E-state index contributed by atoms with van der Waals surface area (Å²) in [6.07, 6.45) is 1.86. The first kappa shape index (κ1) is 13.6. The van der Waals surface area contributed by atoms with Crippen molar-refractivity contribution in [3.63, 3.8) is 0 Å². The number of imidazole rings is 1. The summed E-state index contributed by atoms with van der Waals surface area (Å²) in [4.78, 5) is 14.2. The molecule has 4 aromatic rings. The lowest BCUT2D eigenvalue weighted by atomic mass is 10.1. The van der Waals surface area contributed by atoms with Crippen LogP contribution in [0.25, 0.3) is 33.7 Å². The van der Waals surface area contributed by atoms with Crippen molar-refractivity contribution in [2.75, 3.05) is 0 Å². The predicted octanol–water partition coefficient (Wildman–Crippen LogP) is 4.14. The van der Waals surface area contributed by atoms with E-state index in [0.717, 1.165) is 28.1 Å². The second kappa shape index (κ2) is 5.32. The molecular formula is C19H16N4. The maximum Gasteiger partial charge on any atom is 0.198 e. The first-order valence-corrected chi connectivity index (χ1v) is 7.58. The van der Waals surface area contributed by atoms with Gasteiger partial charge in [0, 0.05) is 12.1 Å². The second-order valence-corrected chi connectivity index (χ2v) is 5.51. The smallest absolute Gasteiger partial charge is 0.198 e. The summed E-state index contributed by atoms with van der Waals surface area (Å²) in [7, 11) is 0. The van der Waals surface area contributed by atoms with Gasteiger partial charge in [-0.15, -0.1) is 6.58 Å². The third kappa shape index (κ3) is 2.19. The van der Waals surface area contributed by atoms with E-state index < -0.39 is 0 Å². The molecule has 0 unspecified atom stereocenters. The molecule has 0 bridgehead atoms. The van der Waals surface area contributed by atoms with Gasteiger partial charge in [0.15, 0.2) is 11.3 Å². The van der Waals surface area contributed by atoms with E-state index in [1.165, 1.54) is 5.56 Å². The molecule has 0 radical (unpaired) electrons. The van der Waals surface area contributed by atoms with E-state index in [0.29, 0.717) is 12.2 Å². The largest absolute Gasteiger partial charge is 0.303 e. The summed E-state index contributed by atoms with van der Waals surface area (Å²) >= 11 is 0. The Kier molecular flexibility index (Phi) is 3.15. The van der Waals surface area contributed by atoms with E-state index in [9.17, 15) is 0 Å². The van der Waals surface area contributed by atoms with Crippen molar-refractivity contribution < 1.29 is 0 Å². The molecule has 0 aliphatic heterocycles. The molecule has 0 aliphatic rings. The topological polar surface area (TPSA) is 43.6 Å². The Labute approximate surface area is 134 Å². The lowest BCUT2D eigenvalue weighted by molar-refractivity contribution is 0.850. The normalized spacial score (nSPS) is 11.2. The van der Waals surface area contributed by atoms with E-state index in [-0.39, 0.29) is 0 Å². The number of aromatic nitrogens is 4. The molecule has 4 rings (SSSR count). The highest BCUT2D eigenvalue weighted by atomic mass is 15.2. The van der Waals surface area contributed by atoms with Crippen LogP contribution in [0.3, 0.4) is 0 Å². The summed E-state index contributed by atoms with van der Waals surface area (Å²) in [5.41, 5.74) is 5.47. The maximum absolute atomic E-state index is 4.76. The number of benzene rings is 2. The number of hydrogen-bond donors (Lipinski definition) is 0. The Morgan fingerprint density at radius 2 is 1.65 bits per heavy atom. The third-order valence-electron chi connectivity index (χ3n) is 3.96. The van der Waals surface area contributed by atoms with Crippen molar-refractivity contribution >= 4 is 22.3 Å². The standard InChI is InChI=1S/C19H16N4/c1-3-12-23-18(14-9-5-4-8-13(14)2)22-17-19(23)21-16-11-7-6-10-15(16)20-17/h3-11H,1,12H2,2H3. The number of nitrogens with zero attached hydrogens (tertiary/aromatic N) is 4. The van der Waals surface area contributed by atoms with Gasteiger partial charge in [0.25, 0.3) is 0 Å². The minimum atomic E-state index is 0.646. The molecule has 0 atom stereocenters. The molecule has 0 saturated carbocycles. The summed E-state index contributed by atoms with van der Waals surface area (Å²) in [6, 6.07) is 16.1. The Balaban J connectivity index is 2.07. The van der Waals surface area contributed by atoms with Crippen molar-refractivity contribution in [1.82, 2.24) is 19.5 Å². The van der Waals surface area contributed by atoms with Crippen LogP contribution >= 0.6 is 0 Å². The number of fused-ring (bicyclic) bond motifs is 2. The molecule has 0 fully saturated rings. The van der Waals surface area contributed by atoms with Crippen LogP contribution < -0.4 is 0 Å². The molecule has 0 saturated heterocycles. The molecule has 2 heterocycles. The van der Waals surface area contributed by atoms with Gasteiger partial charge in [-0.25, -0.2) is 15.0 Å². The Morgan fingerprint density at radius 3 is 2.39 bits per heavy atom. The van der Waals surface area contributed by atoms with Crippen LogP contribution in [-0.4, -0.2) is 19.5 Å². The second-order valence-electron chi connectivity index (χ2n) is 5.51. The highest BCUT2D eigenvalue weighted by Gasteiger charge is 2.16.